The predicted octanol–water partition coefficient (Wildman–Crippen LogP) is 5.20. The van der Waals surface area contributed by atoms with Gasteiger partial charge >= 0.3 is 5.97 Å². The number of aromatic nitrogens is 1. The average molecular weight is 995 g/mol. The molecule has 1 unspecified atom stereocenters. The van der Waals surface area contributed by atoms with Crippen LogP contribution >= 0.6 is 11.3 Å². The molecule has 0 aliphatic carbocycles. The molecule has 0 saturated heterocycles. The Labute approximate surface area is 417 Å². The maximum absolute atomic E-state index is 14.4. The Morgan fingerprint density at radius 1 is 0.957 bits per heavy atom. The summed E-state index contributed by atoms with van der Waals surface area (Å²) in [5.41, 5.74) is 5.62. The van der Waals surface area contributed by atoms with Crippen LogP contribution in [-0.4, -0.2) is 137 Å². The van der Waals surface area contributed by atoms with Gasteiger partial charge in [0.05, 0.1) is 11.2 Å². The van der Waals surface area contributed by atoms with Gasteiger partial charge in [-0.05, 0) is 89.7 Å². The van der Waals surface area contributed by atoms with Crippen molar-refractivity contribution in [1.82, 2.24) is 30.3 Å². The summed E-state index contributed by atoms with van der Waals surface area (Å²) in [4.78, 5) is 114. The average Bonchev–Trinajstić information content (AvgIpc) is 3.92. The Balaban J connectivity index is 1.86. The molecule has 6 atom stereocenters. The van der Waals surface area contributed by atoms with E-state index in [1.807, 2.05) is 67.5 Å². The van der Waals surface area contributed by atoms with Crippen LogP contribution in [0.15, 0.2) is 35.7 Å². The van der Waals surface area contributed by atoms with Crippen molar-refractivity contribution in [3.63, 3.8) is 0 Å². The summed E-state index contributed by atoms with van der Waals surface area (Å²) in [6.45, 7) is 16.5. The number of hydrogen-bond acceptors (Lipinski definition) is 15. The number of nitrogens with two attached hydrogens (primary N) is 1. The third-order valence-electron chi connectivity index (χ3n) is 13.4. The van der Waals surface area contributed by atoms with Crippen LogP contribution in [0.25, 0.3) is 0 Å². The van der Waals surface area contributed by atoms with Crippen molar-refractivity contribution in [3.8, 4) is 5.75 Å². The molecule has 0 radical (unpaired) electrons. The van der Waals surface area contributed by atoms with E-state index in [1.165, 1.54) is 25.1 Å². The van der Waals surface area contributed by atoms with Gasteiger partial charge in [-0.25, -0.2) is 4.98 Å². The minimum atomic E-state index is -0.913. The standard InChI is InChI=1S/C51H78N8O10S/c1-12-32(4)37(28-44(63)51(7,8)57(9)10)50(68)58(11)40(31(2)3)29-43(69-34(6)60)49-56-39(30-70-49)48(67)54-36(25-33(5)41(61)15-13-22-53-23-21-52)26-35-17-18-42(62)38(27-35)55-45(64)16-14-24-59-46(65)19-20-47(59)66/h17-20,27,30-33,36-37,40,43,53,62H,12-16,21-26,28-29,52H2,1-11H3,(H,54,67)(H,55,64)/t32-,33?,36+,37-,40+,43+/m0/s1. The smallest absolute Gasteiger partial charge is 0.303 e. The highest BCUT2D eigenvalue weighted by atomic mass is 32.1. The molecule has 388 valence electrons. The molecule has 70 heavy (non-hydrogen) atoms. The monoisotopic (exact) mass is 995 g/mol. The molecule has 1 aromatic carbocycles. The number of amides is 5. The van der Waals surface area contributed by atoms with E-state index in [9.17, 15) is 43.5 Å². The number of likely N-dealkylation sites (N-methyl/N-ethyl adjacent to an activating group) is 1. The van der Waals surface area contributed by atoms with Crippen LogP contribution in [-0.2, 0) is 44.7 Å². The van der Waals surface area contributed by atoms with Crippen molar-refractivity contribution in [2.75, 3.05) is 52.6 Å². The van der Waals surface area contributed by atoms with E-state index in [0.717, 1.165) is 16.2 Å². The molecular formula is C51H78N8O10S. The molecule has 0 spiro atoms. The van der Waals surface area contributed by atoms with Crippen LogP contribution in [0.3, 0.4) is 0 Å². The summed E-state index contributed by atoms with van der Waals surface area (Å²) >= 11 is 1.14. The number of nitrogens with zero attached hydrogens (tertiary/aromatic N) is 4. The molecule has 0 fully saturated rings. The Kier molecular flexibility index (Phi) is 23.5. The molecule has 0 saturated carbocycles. The van der Waals surface area contributed by atoms with E-state index in [4.69, 9.17) is 10.5 Å². The molecule has 1 aliphatic rings. The molecular weight excluding hydrogens is 917 g/mol. The van der Waals surface area contributed by atoms with Crippen molar-refractivity contribution < 1.29 is 48.2 Å². The van der Waals surface area contributed by atoms with E-state index in [-0.39, 0.29) is 91.5 Å². The number of rotatable bonds is 31. The molecule has 1 aromatic heterocycles. The highest BCUT2D eigenvalue weighted by molar-refractivity contribution is 7.09. The topological polar surface area (TPSA) is 251 Å². The number of aromatic hydroxyl groups is 1. The number of nitrogens with one attached hydrogen (secondary N) is 3. The number of carbonyl (C=O) groups excluding carboxylic acids is 8. The highest BCUT2D eigenvalue weighted by Crippen LogP contribution is 2.33. The van der Waals surface area contributed by atoms with E-state index < -0.39 is 65.2 Å². The highest BCUT2D eigenvalue weighted by Gasteiger charge is 2.39. The summed E-state index contributed by atoms with van der Waals surface area (Å²) in [7, 11) is 5.39. The lowest BCUT2D eigenvalue weighted by atomic mass is 9.81. The molecule has 1 aliphatic heterocycles. The number of carbonyl (C=O) groups is 8. The number of esters is 1. The number of ether oxygens (including phenoxy) is 1. The van der Waals surface area contributed by atoms with Crippen molar-refractivity contribution in [3.05, 3.63) is 52.0 Å². The Morgan fingerprint density at radius 2 is 1.63 bits per heavy atom. The Bertz CT molecular complexity index is 2160. The van der Waals surface area contributed by atoms with Gasteiger partial charge in [-0.2, -0.15) is 0 Å². The van der Waals surface area contributed by atoms with Gasteiger partial charge in [0, 0.05) is 101 Å². The lowest BCUT2D eigenvalue weighted by molar-refractivity contribution is -0.150. The number of ketones is 2. The molecule has 18 nitrogen and oxygen atoms in total. The fourth-order valence-electron chi connectivity index (χ4n) is 8.21. The van der Waals surface area contributed by atoms with Gasteiger partial charge in [0.2, 0.25) is 11.8 Å². The van der Waals surface area contributed by atoms with Crippen molar-refractivity contribution in [2.24, 2.45) is 29.4 Å². The largest absolute Gasteiger partial charge is 0.506 e. The first-order chi connectivity index (χ1) is 32.9. The third-order valence-corrected chi connectivity index (χ3v) is 14.3. The van der Waals surface area contributed by atoms with Gasteiger partial charge in [-0.15, -0.1) is 11.3 Å². The first-order valence-corrected chi connectivity index (χ1v) is 25.3. The summed E-state index contributed by atoms with van der Waals surface area (Å²) in [6, 6.07) is 3.61. The van der Waals surface area contributed by atoms with Crippen molar-refractivity contribution in [2.45, 2.75) is 137 Å². The molecule has 5 amide bonds. The normalized spacial score (nSPS) is 15.4. The lowest BCUT2D eigenvalue weighted by Gasteiger charge is -2.38. The van der Waals surface area contributed by atoms with Crippen molar-refractivity contribution >= 4 is 64.1 Å². The van der Waals surface area contributed by atoms with Gasteiger partial charge in [0.1, 0.15) is 22.2 Å². The molecule has 2 heterocycles. The summed E-state index contributed by atoms with van der Waals surface area (Å²) in [5, 5.41) is 21.5. The van der Waals surface area contributed by atoms with Gasteiger partial charge < -0.3 is 36.4 Å². The van der Waals surface area contributed by atoms with E-state index in [1.54, 1.807) is 29.5 Å². The molecule has 19 heteroatoms. The van der Waals surface area contributed by atoms with Gasteiger partial charge in [-0.3, -0.25) is 48.2 Å². The van der Waals surface area contributed by atoms with Crippen LogP contribution in [0.2, 0.25) is 0 Å². The van der Waals surface area contributed by atoms with E-state index in [0.29, 0.717) is 49.5 Å². The van der Waals surface area contributed by atoms with Gasteiger partial charge in [0.25, 0.3) is 17.7 Å². The number of thiazole rings is 1. The van der Waals surface area contributed by atoms with Crippen LogP contribution in [0.1, 0.15) is 134 Å². The third kappa shape index (κ3) is 17.5. The number of phenolic OH excluding ortho intramolecular Hbond substituents is 1. The van der Waals surface area contributed by atoms with Crippen LogP contribution in [0.4, 0.5) is 5.69 Å². The quantitative estimate of drug-likeness (QED) is 0.0282. The lowest BCUT2D eigenvalue weighted by Crippen LogP contribution is -2.50. The summed E-state index contributed by atoms with van der Waals surface area (Å²) < 4.78 is 5.85. The number of benzene rings is 1. The number of phenols is 1. The second kappa shape index (κ2) is 27.9. The van der Waals surface area contributed by atoms with E-state index in [2.05, 4.69) is 20.9 Å². The summed E-state index contributed by atoms with van der Waals surface area (Å²) in [6.07, 6.45) is 3.96. The van der Waals surface area contributed by atoms with Crippen LogP contribution in [0, 0.1) is 23.7 Å². The predicted molar refractivity (Wildman–Crippen MR) is 270 cm³/mol. The molecule has 3 rings (SSSR count). The zero-order valence-electron chi connectivity index (χ0n) is 43.1. The minimum absolute atomic E-state index is 0.0170. The maximum Gasteiger partial charge on any atom is 0.303 e. The first-order valence-electron chi connectivity index (χ1n) is 24.4. The zero-order chi connectivity index (χ0) is 52.5. The van der Waals surface area contributed by atoms with Crippen molar-refractivity contribution in [1.29, 1.82) is 0 Å². The van der Waals surface area contributed by atoms with Gasteiger partial charge in [0.15, 0.2) is 11.9 Å². The van der Waals surface area contributed by atoms with Crippen LogP contribution in [0.5, 0.6) is 5.75 Å². The second-order valence-electron chi connectivity index (χ2n) is 19.5. The number of hydrogen-bond donors (Lipinski definition) is 5. The molecule has 6 N–H and O–H groups in total. The number of imide groups is 1. The Morgan fingerprint density at radius 3 is 2.23 bits per heavy atom. The SMILES string of the molecule is CC[C@H](C)[C@H](CC(=O)C(C)(C)N(C)C)C(=O)N(C)[C@H](C[C@@H](OC(C)=O)c1nc(C(=O)N[C@@H](Cc2ccc(O)c(NC(=O)CCCN3C(=O)C=CC3=O)c2)CC(C)C(=O)CCCNCCN)cs1)C(C)C. The number of anilines is 1. The fourth-order valence-corrected chi connectivity index (χ4v) is 9.04. The summed E-state index contributed by atoms with van der Waals surface area (Å²) in [5.74, 6) is -4.02. The zero-order valence-corrected chi connectivity index (χ0v) is 43.9. The second-order valence-corrected chi connectivity index (χ2v) is 20.4. The Hall–Kier alpha value is -5.37. The fraction of sp³-hybridized carbons (Fsp3) is 0.627. The molecule has 0 bridgehead atoms. The number of Topliss-reactive ketones (excluding diaryl/α,β-unsaturated/α-hetero) is 2. The first kappa shape index (κ1) is 58.9. The van der Waals surface area contributed by atoms with Gasteiger partial charge in [-0.1, -0.05) is 47.1 Å². The van der Waals surface area contributed by atoms with Crippen LogP contribution < -0.4 is 21.7 Å². The minimum Gasteiger partial charge on any atom is -0.506 e. The van der Waals surface area contributed by atoms with E-state index >= 15 is 0 Å². The molecule has 2 aromatic rings. The maximum atomic E-state index is 14.4.